The number of hydrogen-bond donors (Lipinski definition) is 0. The molecule has 2 aromatic rings. The minimum absolute atomic E-state index is 0.815. The lowest BCUT2D eigenvalue weighted by Gasteiger charge is -2.37. The molecule has 4 rings (SSSR count). The molecule has 1 unspecified atom stereocenters. The maximum atomic E-state index is 2.73. The molecular weight excluding hydrogens is 276 g/mol. The zero-order chi connectivity index (χ0) is 14.1. The second-order valence-electron chi connectivity index (χ2n) is 6.52. The molecule has 1 aromatic heterocycles. The Morgan fingerprint density at radius 3 is 2.76 bits per heavy atom. The summed E-state index contributed by atoms with van der Waals surface area (Å²) in [5, 5.41) is 1.41. The van der Waals surface area contributed by atoms with E-state index in [4.69, 9.17) is 0 Å². The van der Waals surface area contributed by atoms with E-state index in [2.05, 4.69) is 40.1 Å². The highest BCUT2D eigenvalue weighted by Gasteiger charge is 2.27. The standard InChI is InChI=1S/C18H24N2S/c1-2-8-18-15(6-1)12-17(21-18)14-19-9-5-7-16(13-19)20-10-3-4-11-20/h1-2,6,8,12,16H,3-5,7,9-11,13-14H2. The summed E-state index contributed by atoms with van der Waals surface area (Å²) in [6.45, 7) is 6.36. The van der Waals surface area contributed by atoms with Gasteiger partial charge < -0.3 is 0 Å². The average molecular weight is 300 g/mol. The molecule has 0 aliphatic carbocycles. The van der Waals surface area contributed by atoms with Crippen LogP contribution in [0.5, 0.6) is 0 Å². The maximum Gasteiger partial charge on any atom is 0.0346 e. The number of rotatable bonds is 3. The van der Waals surface area contributed by atoms with E-state index in [1.807, 2.05) is 11.3 Å². The van der Waals surface area contributed by atoms with Crippen molar-refractivity contribution < 1.29 is 0 Å². The van der Waals surface area contributed by atoms with Gasteiger partial charge in [0.25, 0.3) is 0 Å². The van der Waals surface area contributed by atoms with Crippen LogP contribution in [-0.4, -0.2) is 42.0 Å². The van der Waals surface area contributed by atoms with Gasteiger partial charge in [0.05, 0.1) is 0 Å². The fourth-order valence-corrected chi connectivity index (χ4v) is 5.02. The highest BCUT2D eigenvalue weighted by Crippen LogP contribution is 2.28. The lowest BCUT2D eigenvalue weighted by molar-refractivity contribution is 0.111. The highest BCUT2D eigenvalue weighted by molar-refractivity contribution is 7.19. The first-order chi connectivity index (χ1) is 10.4. The van der Waals surface area contributed by atoms with Crippen molar-refractivity contribution in [1.29, 1.82) is 0 Å². The van der Waals surface area contributed by atoms with Gasteiger partial charge in [-0.15, -0.1) is 11.3 Å². The van der Waals surface area contributed by atoms with Crippen LogP contribution >= 0.6 is 11.3 Å². The highest BCUT2D eigenvalue weighted by atomic mass is 32.1. The third-order valence-electron chi connectivity index (χ3n) is 4.99. The number of benzene rings is 1. The molecule has 0 saturated carbocycles. The molecule has 3 heterocycles. The molecule has 1 atom stereocenters. The van der Waals surface area contributed by atoms with Gasteiger partial charge in [0.1, 0.15) is 0 Å². The lowest BCUT2D eigenvalue weighted by Crippen LogP contribution is -2.46. The molecule has 2 aliphatic rings. The van der Waals surface area contributed by atoms with Gasteiger partial charge in [0.15, 0.2) is 0 Å². The third kappa shape index (κ3) is 3.01. The van der Waals surface area contributed by atoms with E-state index in [0.29, 0.717) is 0 Å². The second kappa shape index (κ2) is 6.07. The van der Waals surface area contributed by atoms with E-state index in [1.165, 1.54) is 66.8 Å². The van der Waals surface area contributed by atoms with Crippen molar-refractivity contribution in [2.45, 2.75) is 38.3 Å². The minimum atomic E-state index is 0.815. The Labute approximate surface area is 131 Å². The van der Waals surface area contributed by atoms with Crippen LogP contribution in [0, 0.1) is 0 Å². The molecule has 2 aliphatic heterocycles. The van der Waals surface area contributed by atoms with Crippen molar-refractivity contribution in [2.75, 3.05) is 26.2 Å². The molecular formula is C18H24N2S. The Balaban J connectivity index is 1.43. The van der Waals surface area contributed by atoms with Crippen molar-refractivity contribution in [3.8, 4) is 0 Å². The van der Waals surface area contributed by atoms with Crippen LogP contribution in [0.25, 0.3) is 10.1 Å². The van der Waals surface area contributed by atoms with E-state index in [-0.39, 0.29) is 0 Å². The van der Waals surface area contributed by atoms with Crippen LogP contribution < -0.4 is 0 Å². The number of thiophene rings is 1. The zero-order valence-electron chi connectivity index (χ0n) is 12.6. The van der Waals surface area contributed by atoms with Gasteiger partial charge in [-0.05, 0) is 62.8 Å². The Bertz CT molecular complexity index is 567. The van der Waals surface area contributed by atoms with E-state index < -0.39 is 0 Å². The van der Waals surface area contributed by atoms with Crippen molar-refractivity contribution >= 4 is 21.4 Å². The SMILES string of the molecule is c1ccc2sc(CN3CCCC(N4CCCC4)C3)cc2c1. The van der Waals surface area contributed by atoms with E-state index in [0.717, 1.165) is 12.6 Å². The second-order valence-corrected chi connectivity index (χ2v) is 7.69. The van der Waals surface area contributed by atoms with Crippen molar-refractivity contribution in [2.24, 2.45) is 0 Å². The Hall–Kier alpha value is -0.900. The molecule has 2 fully saturated rings. The first-order valence-corrected chi connectivity index (χ1v) is 9.14. The van der Waals surface area contributed by atoms with Gasteiger partial charge >= 0.3 is 0 Å². The normalized spacial score (nSPS) is 24.9. The Kier molecular flexibility index (Phi) is 3.97. The third-order valence-corrected chi connectivity index (χ3v) is 6.09. The minimum Gasteiger partial charge on any atom is -0.299 e. The number of piperidine rings is 1. The summed E-state index contributed by atoms with van der Waals surface area (Å²) in [5.41, 5.74) is 0. The molecule has 112 valence electrons. The number of fused-ring (bicyclic) bond motifs is 1. The molecule has 3 heteroatoms. The molecule has 0 radical (unpaired) electrons. The Morgan fingerprint density at radius 1 is 1.05 bits per heavy atom. The first kappa shape index (κ1) is 13.7. The van der Waals surface area contributed by atoms with Gasteiger partial charge in [-0.3, -0.25) is 9.80 Å². The first-order valence-electron chi connectivity index (χ1n) is 8.32. The van der Waals surface area contributed by atoms with Crippen LogP contribution in [0.4, 0.5) is 0 Å². The van der Waals surface area contributed by atoms with Crippen molar-refractivity contribution in [3.05, 3.63) is 35.2 Å². The van der Waals surface area contributed by atoms with Crippen LogP contribution in [0.1, 0.15) is 30.6 Å². The van der Waals surface area contributed by atoms with Crippen molar-refractivity contribution in [3.63, 3.8) is 0 Å². The Morgan fingerprint density at radius 2 is 1.90 bits per heavy atom. The van der Waals surface area contributed by atoms with Crippen LogP contribution in [0.2, 0.25) is 0 Å². The van der Waals surface area contributed by atoms with Crippen LogP contribution in [-0.2, 0) is 6.54 Å². The summed E-state index contributed by atoms with van der Waals surface area (Å²) in [4.78, 5) is 6.94. The van der Waals surface area contributed by atoms with Gasteiger partial charge in [-0.25, -0.2) is 0 Å². The topological polar surface area (TPSA) is 6.48 Å². The summed E-state index contributed by atoms with van der Waals surface area (Å²) >= 11 is 1.97. The van der Waals surface area contributed by atoms with Crippen LogP contribution in [0.3, 0.4) is 0 Å². The molecule has 0 amide bonds. The van der Waals surface area contributed by atoms with E-state index >= 15 is 0 Å². The largest absolute Gasteiger partial charge is 0.299 e. The maximum absolute atomic E-state index is 2.73. The molecule has 2 saturated heterocycles. The molecule has 0 spiro atoms. The summed E-state index contributed by atoms with van der Waals surface area (Å²) in [6.07, 6.45) is 5.59. The number of hydrogen-bond acceptors (Lipinski definition) is 3. The fourth-order valence-electron chi connectivity index (χ4n) is 3.91. The molecule has 0 bridgehead atoms. The number of nitrogens with zero attached hydrogens (tertiary/aromatic N) is 2. The van der Waals surface area contributed by atoms with E-state index in [9.17, 15) is 0 Å². The predicted molar refractivity (Wildman–Crippen MR) is 90.9 cm³/mol. The molecule has 2 nitrogen and oxygen atoms in total. The van der Waals surface area contributed by atoms with Crippen LogP contribution in [0.15, 0.2) is 30.3 Å². The zero-order valence-corrected chi connectivity index (χ0v) is 13.4. The summed E-state index contributed by atoms with van der Waals surface area (Å²) in [5.74, 6) is 0. The molecule has 1 aromatic carbocycles. The quantitative estimate of drug-likeness (QED) is 0.846. The van der Waals surface area contributed by atoms with Gasteiger partial charge in [-0.1, -0.05) is 18.2 Å². The average Bonchev–Trinajstić information content (AvgIpc) is 3.16. The predicted octanol–water partition coefficient (Wildman–Crippen LogP) is 3.96. The monoisotopic (exact) mass is 300 g/mol. The smallest absolute Gasteiger partial charge is 0.0346 e. The molecule has 0 N–H and O–H groups in total. The van der Waals surface area contributed by atoms with Crippen molar-refractivity contribution in [1.82, 2.24) is 9.80 Å². The van der Waals surface area contributed by atoms with Gasteiger partial charge in [0, 0.05) is 28.7 Å². The number of likely N-dealkylation sites (tertiary alicyclic amines) is 2. The lowest BCUT2D eigenvalue weighted by atomic mass is 10.0. The fraction of sp³-hybridized carbons (Fsp3) is 0.556. The summed E-state index contributed by atoms with van der Waals surface area (Å²) in [7, 11) is 0. The summed E-state index contributed by atoms with van der Waals surface area (Å²) in [6, 6.07) is 12.0. The summed E-state index contributed by atoms with van der Waals surface area (Å²) < 4.78 is 1.43. The van der Waals surface area contributed by atoms with E-state index in [1.54, 1.807) is 0 Å². The van der Waals surface area contributed by atoms with Gasteiger partial charge in [0.2, 0.25) is 0 Å². The van der Waals surface area contributed by atoms with Gasteiger partial charge in [-0.2, -0.15) is 0 Å². The molecule has 21 heavy (non-hydrogen) atoms.